The highest BCUT2D eigenvalue weighted by Crippen LogP contribution is 2.29. The highest BCUT2D eigenvalue weighted by atomic mass is 35.5. The van der Waals surface area contributed by atoms with Gasteiger partial charge in [-0.05, 0) is 60.0 Å². The van der Waals surface area contributed by atoms with Gasteiger partial charge in [0.15, 0.2) is 0 Å². The Labute approximate surface area is 199 Å². The van der Waals surface area contributed by atoms with Crippen LogP contribution in [-0.4, -0.2) is 23.0 Å². The summed E-state index contributed by atoms with van der Waals surface area (Å²) < 4.78 is 38.3. The minimum absolute atomic E-state index is 0.0187. The van der Waals surface area contributed by atoms with Gasteiger partial charge in [-0.3, -0.25) is 9.59 Å². The molecule has 0 aliphatic carbocycles. The van der Waals surface area contributed by atoms with Gasteiger partial charge in [0.05, 0.1) is 5.56 Å². The number of carbonyl (C=O) groups is 2. The predicted molar refractivity (Wildman–Crippen MR) is 123 cm³/mol. The molecule has 0 radical (unpaired) electrons. The SMILES string of the molecule is Cc1c(Cl)cccc1C(=O)NC(Cc1ccc(O)cc1)C(=O)NCc1ccc(C(F)(F)F)cc1. The summed E-state index contributed by atoms with van der Waals surface area (Å²) in [4.78, 5) is 25.8. The van der Waals surface area contributed by atoms with Gasteiger partial charge in [-0.15, -0.1) is 0 Å². The van der Waals surface area contributed by atoms with Crippen molar-refractivity contribution in [3.63, 3.8) is 0 Å². The number of rotatable bonds is 7. The van der Waals surface area contributed by atoms with Gasteiger partial charge < -0.3 is 15.7 Å². The predicted octanol–water partition coefficient (Wildman–Crippen LogP) is 5.03. The van der Waals surface area contributed by atoms with Crippen LogP contribution in [0.5, 0.6) is 5.75 Å². The van der Waals surface area contributed by atoms with E-state index >= 15 is 0 Å². The maximum absolute atomic E-state index is 13.0. The molecule has 178 valence electrons. The summed E-state index contributed by atoms with van der Waals surface area (Å²) in [6.07, 6.45) is -4.32. The molecule has 5 nitrogen and oxygen atoms in total. The molecule has 3 rings (SSSR count). The lowest BCUT2D eigenvalue weighted by atomic mass is 10.0. The van der Waals surface area contributed by atoms with Crippen LogP contribution in [0.4, 0.5) is 13.2 Å². The Bertz CT molecular complexity index is 1160. The number of hydrogen-bond donors (Lipinski definition) is 3. The number of carbonyl (C=O) groups excluding carboxylic acids is 2. The number of alkyl halides is 3. The average Bonchev–Trinajstić information content (AvgIpc) is 2.80. The highest BCUT2D eigenvalue weighted by Gasteiger charge is 2.30. The molecule has 0 heterocycles. The van der Waals surface area contributed by atoms with Crippen molar-refractivity contribution in [2.45, 2.75) is 32.1 Å². The van der Waals surface area contributed by atoms with Gasteiger partial charge in [-0.1, -0.05) is 41.9 Å². The van der Waals surface area contributed by atoms with Crippen LogP contribution >= 0.6 is 11.6 Å². The van der Waals surface area contributed by atoms with E-state index in [0.29, 0.717) is 27.3 Å². The van der Waals surface area contributed by atoms with Crippen LogP contribution in [0.15, 0.2) is 66.7 Å². The summed E-state index contributed by atoms with van der Waals surface area (Å²) in [6, 6.07) is 14.5. The Kier molecular flexibility index (Phi) is 7.83. The fourth-order valence-electron chi connectivity index (χ4n) is 3.29. The van der Waals surface area contributed by atoms with E-state index in [0.717, 1.165) is 12.1 Å². The molecule has 1 atom stereocenters. The smallest absolute Gasteiger partial charge is 0.416 e. The normalized spacial score (nSPS) is 12.1. The molecule has 3 aromatic carbocycles. The minimum Gasteiger partial charge on any atom is -0.508 e. The molecule has 0 spiro atoms. The number of aromatic hydroxyl groups is 1. The molecule has 3 N–H and O–H groups in total. The Morgan fingerprint density at radius 3 is 2.21 bits per heavy atom. The zero-order valence-corrected chi connectivity index (χ0v) is 18.9. The standard InChI is InChI=1S/C25H22ClF3N2O3/c1-15-20(3-2-4-21(15)26)23(33)31-22(13-16-7-11-19(32)12-8-16)24(34)30-14-17-5-9-18(10-6-17)25(27,28)29/h2-12,22,32H,13-14H2,1H3,(H,30,34)(H,31,33). The quantitative estimate of drug-likeness (QED) is 0.434. The van der Waals surface area contributed by atoms with Gasteiger partial charge in [0, 0.05) is 23.6 Å². The lowest BCUT2D eigenvalue weighted by Gasteiger charge is -2.20. The van der Waals surface area contributed by atoms with Gasteiger partial charge in [-0.2, -0.15) is 13.2 Å². The number of phenolic OH excluding ortho intramolecular Hbond substituents is 1. The third-order valence-corrected chi connectivity index (χ3v) is 5.67. The summed E-state index contributed by atoms with van der Waals surface area (Å²) in [5.74, 6) is -0.944. The number of hydrogen-bond acceptors (Lipinski definition) is 3. The van der Waals surface area contributed by atoms with Crippen LogP contribution in [0.1, 0.15) is 32.6 Å². The van der Waals surface area contributed by atoms with Crippen LogP contribution in [0.25, 0.3) is 0 Å². The van der Waals surface area contributed by atoms with Crippen LogP contribution in [-0.2, 0) is 23.9 Å². The van der Waals surface area contributed by atoms with E-state index in [9.17, 15) is 27.9 Å². The van der Waals surface area contributed by atoms with Crippen molar-refractivity contribution in [2.75, 3.05) is 0 Å². The second-order valence-electron chi connectivity index (χ2n) is 7.72. The molecule has 0 saturated heterocycles. The number of nitrogens with one attached hydrogen (secondary N) is 2. The van der Waals surface area contributed by atoms with Crippen molar-refractivity contribution in [1.82, 2.24) is 10.6 Å². The summed E-state index contributed by atoms with van der Waals surface area (Å²) in [7, 11) is 0. The van der Waals surface area contributed by atoms with Gasteiger partial charge in [0.25, 0.3) is 5.91 Å². The van der Waals surface area contributed by atoms with E-state index in [1.807, 2.05) is 0 Å². The molecule has 9 heteroatoms. The van der Waals surface area contributed by atoms with Crippen molar-refractivity contribution in [1.29, 1.82) is 0 Å². The van der Waals surface area contributed by atoms with Gasteiger partial charge >= 0.3 is 6.18 Å². The minimum atomic E-state index is -4.44. The van der Waals surface area contributed by atoms with E-state index in [1.54, 1.807) is 37.3 Å². The Morgan fingerprint density at radius 2 is 1.59 bits per heavy atom. The van der Waals surface area contributed by atoms with Gasteiger partial charge in [-0.25, -0.2) is 0 Å². The first-order valence-corrected chi connectivity index (χ1v) is 10.7. The fraction of sp³-hybridized carbons (Fsp3) is 0.200. The number of amides is 2. The zero-order chi connectivity index (χ0) is 24.9. The monoisotopic (exact) mass is 490 g/mol. The lowest BCUT2D eigenvalue weighted by Crippen LogP contribution is -2.48. The van der Waals surface area contributed by atoms with E-state index in [2.05, 4.69) is 10.6 Å². The molecule has 34 heavy (non-hydrogen) atoms. The van der Waals surface area contributed by atoms with Crippen LogP contribution < -0.4 is 10.6 Å². The molecular weight excluding hydrogens is 469 g/mol. The van der Waals surface area contributed by atoms with Gasteiger partial charge in [0.2, 0.25) is 5.91 Å². The maximum atomic E-state index is 13.0. The number of halogens is 4. The van der Waals surface area contributed by atoms with Crippen molar-refractivity contribution in [2.24, 2.45) is 0 Å². The first-order chi connectivity index (χ1) is 16.0. The molecule has 3 aromatic rings. The molecule has 2 amide bonds. The molecule has 0 saturated carbocycles. The second kappa shape index (κ2) is 10.6. The molecular formula is C25H22ClF3N2O3. The molecule has 0 aromatic heterocycles. The average molecular weight is 491 g/mol. The van der Waals surface area contributed by atoms with Crippen LogP contribution in [0.3, 0.4) is 0 Å². The van der Waals surface area contributed by atoms with Gasteiger partial charge in [0.1, 0.15) is 11.8 Å². The van der Waals surface area contributed by atoms with Crippen LogP contribution in [0.2, 0.25) is 5.02 Å². The summed E-state index contributed by atoms with van der Waals surface area (Å²) in [6.45, 7) is 1.67. The topological polar surface area (TPSA) is 78.4 Å². The lowest BCUT2D eigenvalue weighted by molar-refractivity contribution is -0.137. The summed E-state index contributed by atoms with van der Waals surface area (Å²) >= 11 is 6.11. The van der Waals surface area contributed by atoms with Crippen molar-refractivity contribution < 1.29 is 27.9 Å². The first kappa shape index (κ1) is 25.1. The van der Waals surface area contributed by atoms with Crippen molar-refractivity contribution in [3.05, 3.63) is 99.6 Å². The van der Waals surface area contributed by atoms with E-state index < -0.39 is 29.6 Å². The van der Waals surface area contributed by atoms with E-state index in [-0.39, 0.29) is 18.7 Å². The second-order valence-corrected chi connectivity index (χ2v) is 8.13. The molecule has 0 aliphatic heterocycles. The Hall–Kier alpha value is -3.52. The van der Waals surface area contributed by atoms with Crippen LogP contribution in [0, 0.1) is 6.92 Å². The summed E-state index contributed by atoms with van der Waals surface area (Å²) in [5.41, 5.74) is 1.27. The third-order valence-electron chi connectivity index (χ3n) is 5.26. The number of phenols is 1. The Morgan fingerprint density at radius 1 is 0.971 bits per heavy atom. The molecule has 0 aliphatic rings. The Balaban J connectivity index is 1.75. The van der Waals surface area contributed by atoms with E-state index in [4.69, 9.17) is 11.6 Å². The first-order valence-electron chi connectivity index (χ1n) is 10.3. The zero-order valence-electron chi connectivity index (χ0n) is 18.1. The third kappa shape index (κ3) is 6.51. The number of benzene rings is 3. The molecule has 0 bridgehead atoms. The largest absolute Gasteiger partial charge is 0.508 e. The molecule has 0 fully saturated rings. The van der Waals surface area contributed by atoms with Crippen molar-refractivity contribution >= 4 is 23.4 Å². The summed E-state index contributed by atoms with van der Waals surface area (Å²) in [5, 5.41) is 15.3. The maximum Gasteiger partial charge on any atom is 0.416 e. The van der Waals surface area contributed by atoms with Crippen molar-refractivity contribution in [3.8, 4) is 5.75 Å². The highest BCUT2D eigenvalue weighted by molar-refractivity contribution is 6.31. The van der Waals surface area contributed by atoms with E-state index in [1.165, 1.54) is 24.3 Å². The fourth-order valence-corrected chi connectivity index (χ4v) is 3.46. The molecule has 1 unspecified atom stereocenters.